The van der Waals surface area contributed by atoms with Gasteiger partial charge in [-0.1, -0.05) is 23.7 Å². The van der Waals surface area contributed by atoms with Crippen LogP contribution in [0, 0.1) is 0 Å². The van der Waals surface area contributed by atoms with Gasteiger partial charge in [0.1, 0.15) is 0 Å². The molecular weight excluding hydrogens is 468 g/mol. The summed E-state index contributed by atoms with van der Waals surface area (Å²) in [5.74, 6) is 0.607. The van der Waals surface area contributed by atoms with Crippen molar-refractivity contribution in [1.29, 1.82) is 0 Å². The highest BCUT2D eigenvalue weighted by atomic mass is 127. The maximum atomic E-state index is 12.4. The Morgan fingerprint density at radius 3 is 2.80 bits per heavy atom. The molecule has 1 atom stereocenters. The van der Waals surface area contributed by atoms with Gasteiger partial charge < -0.3 is 10.6 Å². The second-order valence-electron chi connectivity index (χ2n) is 5.86. The molecule has 2 N–H and O–H groups in total. The van der Waals surface area contributed by atoms with E-state index in [9.17, 15) is 13.2 Å². The quantitative estimate of drug-likeness (QED) is 0.378. The summed E-state index contributed by atoms with van der Waals surface area (Å²) in [4.78, 5) is 5.54. The minimum Gasteiger partial charge on any atom is -0.356 e. The van der Waals surface area contributed by atoms with Crippen LogP contribution in [0.3, 0.4) is 0 Å². The van der Waals surface area contributed by atoms with Gasteiger partial charge in [0.05, 0.1) is 6.54 Å². The van der Waals surface area contributed by atoms with E-state index in [-0.39, 0.29) is 30.0 Å². The van der Waals surface area contributed by atoms with Crippen molar-refractivity contribution in [2.75, 3.05) is 33.2 Å². The third kappa shape index (κ3) is 8.46. The average molecular weight is 491 g/mol. The standard InChI is InChI=1S/C16H22ClF3N4.HI/c1-21-15(22-7-5-12-3-2-4-13(17)9-12)23-14-6-8-24(10-14)11-16(18,19)20;/h2-4,9,14H,5-8,10-11H2,1H3,(H2,21,22,23);1H. The van der Waals surface area contributed by atoms with E-state index in [1.165, 1.54) is 4.90 Å². The zero-order chi connectivity index (χ0) is 17.6. The summed E-state index contributed by atoms with van der Waals surface area (Å²) >= 11 is 5.95. The summed E-state index contributed by atoms with van der Waals surface area (Å²) < 4.78 is 37.2. The maximum Gasteiger partial charge on any atom is 0.401 e. The van der Waals surface area contributed by atoms with Crippen LogP contribution in [0.15, 0.2) is 29.3 Å². The third-order valence-electron chi connectivity index (χ3n) is 3.83. The Morgan fingerprint density at radius 1 is 1.40 bits per heavy atom. The fraction of sp³-hybridized carbons (Fsp3) is 0.562. The van der Waals surface area contributed by atoms with Gasteiger partial charge in [-0.15, -0.1) is 24.0 Å². The summed E-state index contributed by atoms with van der Waals surface area (Å²) in [7, 11) is 1.65. The minimum absolute atomic E-state index is 0. The molecular formula is C16H23ClF3IN4. The SMILES string of the molecule is CN=C(NCCc1cccc(Cl)c1)NC1CCN(CC(F)(F)F)C1.I. The molecule has 1 saturated heterocycles. The third-order valence-corrected chi connectivity index (χ3v) is 4.07. The highest BCUT2D eigenvalue weighted by Crippen LogP contribution is 2.19. The lowest BCUT2D eigenvalue weighted by molar-refractivity contribution is -0.143. The van der Waals surface area contributed by atoms with Crippen molar-refractivity contribution in [3.8, 4) is 0 Å². The zero-order valence-electron chi connectivity index (χ0n) is 13.9. The number of benzene rings is 1. The monoisotopic (exact) mass is 490 g/mol. The highest BCUT2D eigenvalue weighted by Gasteiger charge is 2.34. The first kappa shape index (κ1) is 22.3. The Morgan fingerprint density at radius 2 is 2.16 bits per heavy atom. The predicted molar refractivity (Wildman–Crippen MR) is 106 cm³/mol. The van der Waals surface area contributed by atoms with Gasteiger partial charge >= 0.3 is 6.18 Å². The van der Waals surface area contributed by atoms with E-state index in [1.807, 2.05) is 24.3 Å². The Kier molecular flexibility index (Phi) is 9.29. The lowest BCUT2D eigenvalue weighted by Crippen LogP contribution is -2.45. The Labute approximate surface area is 168 Å². The molecule has 1 heterocycles. The molecule has 142 valence electrons. The summed E-state index contributed by atoms with van der Waals surface area (Å²) in [6.45, 7) is 0.621. The zero-order valence-corrected chi connectivity index (χ0v) is 17.0. The van der Waals surface area contributed by atoms with E-state index in [4.69, 9.17) is 11.6 Å². The van der Waals surface area contributed by atoms with Crippen LogP contribution in [0.1, 0.15) is 12.0 Å². The van der Waals surface area contributed by atoms with Crippen LogP contribution >= 0.6 is 35.6 Å². The molecule has 1 fully saturated rings. The van der Waals surface area contributed by atoms with Crippen molar-refractivity contribution in [3.63, 3.8) is 0 Å². The number of aliphatic imine (C=N–C) groups is 1. The number of hydrogen-bond acceptors (Lipinski definition) is 2. The fourth-order valence-electron chi connectivity index (χ4n) is 2.75. The number of rotatable bonds is 5. The fourth-order valence-corrected chi connectivity index (χ4v) is 2.97. The molecule has 0 spiro atoms. The number of nitrogens with one attached hydrogen (secondary N) is 2. The molecule has 0 aromatic heterocycles. The van der Waals surface area contributed by atoms with Crippen molar-refractivity contribution < 1.29 is 13.2 Å². The van der Waals surface area contributed by atoms with Crippen molar-refractivity contribution >= 4 is 41.5 Å². The number of halogens is 5. The topological polar surface area (TPSA) is 39.7 Å². The van der Waals surface area contributed by atoms with Crippen molar-refractivity contribution in [2.45, 2.75) is 25.1 Å². The van der Waals surface area contributed by atoms with E-state index in [0.29, 0.717) is 37.0 Å². The van der Waals surface area contributed by atoms with Gasteiger partial charge in [0, 0.05) is 37.7 Å². The largest absolute Gasteiger partial charge is 0.401 e. The first-order valence-corrected chi connectivity index (χ1v) is 8.24. The van der Waals surface area contributed by atoms with Gasteiger partial charge in [0.25, 0.3) is 0 Å². The molecule has 0 saturated carbocycles. The lowest BCUT2D eigenvalue weighted by Gasteiger charge is -2.19. The number of hydrogen-bond donors (Lipinski definition) is 2. The molecule has 1 aromatic rings. The normalized spacial score (nSPS) is 18.8. The molecule has 1 aliphatic heterocycles. The van der Waals surface area contributed by atoms with E-state index >= 15 is 0 Å². The van der Waals surface area contributed by atoms with Crippen molar-refractivity contribution in [3.05, 3.63) is 34.9 Å². The molecule has 0 aliphatic carbocycles. The molecule has 2 rings (SSSR count). The second kappa shape index (κ2) is 10.4. The molecule has 0 amide bonds. The molecule has 1 aliphatic rings. The molecule has 0 radical (unpaired) electrons. The summed E-state index contributed by atoms with van der Waals surface area (Å²) in [6, 6.07) is 7.61. The lowest BCUT2D eigenvalue weighted by atomic mass is 10.1. The molecule has 0 bridgehead atoms. The average Bonchev–Trinajstić information content (AvgIpc) is 2.91. The van der Waals surface area contributed by atoms with Gasteiger partial charge in [-0.05, 0) is 30.5 Å². The van der Waals surface area contributed by atoms with E-state index in [1.54, 1.807) is 7.05 Å². The Bertz CT molecular complexity index is 569. The molecule has 9 heteroatoms. The molecule has 1 unspecified atom stereocenters. The van der Waals surface area contributed by atoms with Gasteiger partial charge in [0.2, 0.25) is 0 Å². The predicted octanol–water partition coefficient (Wildman–Crippen LogP) is 3.30. The number of guanidine groups is 1. The van der Waals surface area contributed by atoms with Crippen LogP contribution < -0.4 is 10.6 Å². The summed E-state index contributed by atoms with van der Waals surface area (Å²) in [5.41, 5.74) is 1.11. The van der Waals surface area contributed by atoms with Crippen LogP contribution in [0.4, 0.5) is 13.2 Å². The van der Waals surface area contributed by atoms with Gasteiger partial charge in [-0.3, -0.25) is 9.89 Å². The minimum atomic E-state index is -4.15. The Hall–Kier alpha value is -0.740. The van der Waals surface area contributed by atoms with E-state index < -0.39 is 12.7 Å². The van der Waals surface area contributed by atoms with Crippen molar-refractivity contribution in [2.24, 2.45) is 4.99 Å². The van der Waals surface area contributed by atoms with Crippen LogP contribution in [0.25, 0.3) is 0 Å². The summed E-state index contributed by atoms with van der Waals surface area (Å²) in [6.07, 6.45) is -2.69. The van der Waals surface area contributed by atoms with Crippen molar-refractivity contribution in [1.82, 2.24) is 15.5 Å². The molecule has 4 nitrogen and oxygen atoms in total. The van der Waals surface area contributed by atoms with E-state index in [0.717, 1.165) is 12.0 Å². The summed E-state index contributed by atoms with van der Waals surface area (Å²) in [5, 5.41) is 7.06. The smallest absolute Gasteiger partial charge is 0.356 e. The van der Waals surface area contributed by atoms with Crippen LogP contribution in [-0.4, -0.2) is 56.3 Å². The van der Waals surface area contributed by atoms with Crippen LogP contribution in [-0.2, 0) is 6.42 Å². The number of alkyl halides is 3. The van der Waals surface area contributed by atoms with E-state index in [2.05, 4.69) is 15.6 Å². The molecule has 1 aromatic carbocycles. The van der Waals surface area contributed by atoms with Gasteiger partial charge in [-0.25, -0.2) is 0 Å². The van der Waals surface area contributed by atoms with Gasteiger partial charge in [0.15, 0.2) is 5.96 Å². The first-order valence-electron chi connectivity index (χ1n) is 7.86. The van der Waals surface area contributed by atoms with Crippen LogP contribution in [0.5, 0.6) is 0 Å². The maximum absolute atomic E-state index is 12.4. The first-order chi connectivity index (χ1) is 11.4. The van der Waals surface area contributed by atoms with Crippen LogP contribution in [0.2, 0.25) is 5.02 Å². The number of nitrogens with zero attached hydrogens (tertiary/aromatic N) is 2. The number of likely N-dealkylation sites (tertiary alicyclic amines) is 1. The highest BCUT2D eigenvalue weighted by molar-refractivity contribution is 14.0. The molecule has 25 heavy (non-hydrogen) atoms. The Balaban J connectivity index is 0.00000312. The van der Waals surface area contributed by atoms with Gasteiger partial charge in [-0.2, -0.15) is 13.2 Å². The second-order valence-corrected chi connectivity index (χ2v) is 6.30.